The topological polar surface area (TPSA) is 46.5 Å². The van der Waals surface area contributed by atoms with Gasteiger partial charge in [-0.05, 0) is 18.1 Å². The van der Waals surface area contributed by atoms with Gasteiger partial charge in [-0.15, -0.1) is 12.6 Å². The zero-order chi connectivity index (χ0) is 12.3. The van der Waals surface area contributed by atoms with Crippen LogP contribution in [0.1, 0.15) is 30.9 Å². The zero-order valence-electron chi connectivity index (χ0n) is 9.65. The van der Waals surface area contributed by atoms with E-state index < -0.39 is 0 Å². The van der Waals surface area contributed by atoms with Gasteiger partial charge in [-0.3, -0.25) is 4.79 Å². The quantitative estimate of drug-likeness (QED) is 0.484. The number of thiol groups is 1. The van der Waals surface area contributed by atoms with Gasteiger partial charge in [-0.25, -0.2) is 0 Å². The third-order valence-corrected chi connectivity index (χ3v) is 2.87. The van der Waals surface area contributed by atoms with Gasteiger partial charge in [-0.2, -0.15) is 0 Å². The van der Waals surface area contributed by atoms with Crippen LogP contribution < -0.4 is 4.74 Å². The summed E-state index contributed by atoms with van der Waals surface area (Å²) in [6, 6.07) is 3.75. The van der Waals surface area contributed by atoms with E-state index in [2.05, 4.69) is 12.6 Å². The molecule has 0 bridgehead atoms. The van der Waals surface area contributed by atoms with Crippen LogP contribution in [0.15, 0.2) is 17.0 Å². The van der Waals surface area contributed by atoms with E-state index in [9.17, 15) is 4.79 Å². The summed E-state index contributed by atoms with van der Waals surface area (Å²) in [5.74, 6) is 0.0863. The summed E-state index contributed by atoms with van der Waals surface area (Å²) in [5, 5.41) is 9.11. The number of benzene rings is 1. The first-order chi connectivity index (χ1) is 7.47. The zero-order valence-corrected chi connectivity index (χ0v) is 10.5. The Hall–Kier alpha value is -1.00. The molecule has 16 heavy (non-hydrogen) atoms. The van der Waals surface area contributed by atoms with Crippen LogP contribution in [-0.2, 0) is 4.79 Å². The molecule has 0 amide bonds. The summed E-state index contributed by atoms with van der Waals surface area (Å²) in [7, 11) is 0. The van der Waals surface area contributed by atoms with Crippen molar-refractivity contribution in [2.45, 2.75) is 31.6 Å². The first kappa shape index (κ1) is 13.1. The van der Waals surface area contributed by atoms with Crippen LogP contribution in [0.4, 0.5) is 0 Å². The van der Waals surface area contributed by atoms with Crippen molar-refractivity contribution in [1.82, 2.24) is 0 Å². The van der Waals surface area contributed by atoms with Crippen molar-refractivity contribution < 1.29 is 14.6 Å². The molecule has 3 nitrogen and oxygen atoms in total. The van der Waals surface area contributed by atoms with Gasteiger partial charge in [0.2, 0.25) is 0 Å². The van der Waals surface area contributed by atoms with E-state index in [1.807, 2.05) is 26.0 Å². The van der Waals surface area contributed by atoms with Crippen LogP contribution in [0.25, 0.3) is 0 Å². The Kier molecular flexibility index (Phi) is 4.38. The summed E-state index contributed by atoms with van der Waals surface area (Å²) in [6.45, 7) is 5.14. The summed E-state index contributed by atoms with van der Waals surface area (Å²) in [6.07, 6.45) is 0. The molecule has 0 aliphatic rings. The van der Waals surface area contributed by atoms with Crippen LogP contribution in [0.3, 0.4) is 0 Å². The van der Waals surface area contributed by atoms with Crippen LogP contribution in [0.2, 0.25) is 0 Å². The fourth-order valence-electron chi connectivity index (χ4n) is 1.46. The number of hydrogen-bond acceptors (Lipinski definition) is 4. The Morgan fingerprint density at radius 2 is 2.19 bits per heavy atom. The van der Waals surface area contributed by atoms with Crippen molar-refractivity contribution in [2.24, 2.45) is 0 Å². The standard InChI is InChI=1S/C12H16O3S/c1-7-4-5-10(8(2)6-13)12(16)11(7)15-9(3)14/h4-5,8,13,16H,6H2,1-3H3/t8-/m0/s1. The lowest BCUT2D eigenvalue weighted by Crippen LogP contribution is -2.07. The van der Waals surface area contributed by atoms with Gasteiger partial charge in [0.05, 0.1) is 4.90 Å². The second-order valence-corrected chi connectivity index (χ2v) is 4.27. The number of aliphatic hydroxyl groups excluding tert-OH is 1. The highest BCUT2D eigenvalue weighted by Gasteiger charge is 2.15. The lowest BCUT2D eigenvalue weighted by atomic mass is 10.00. The SMILES string of the molecule is CC(=O)Oc1c(C)ccc([C@@H](C)CO)c1S. The molecule has 0 saturated heterocycles. The summed E-state index contributed by atoms with van der Waals surface area (Å²) < 4.78 is 5.11. The maximum Gasteiger partial charge on any atom is 0.308 e. The number of carbonyl (C=O) groups excluding carboxylic acids is 1. The highest BCUT2D eigenvalue weighted by molar-refractivity contribution is 7.80. The Bertz CT molecular complexity index is 401. The minimum absolute atomic E-state index is 0.0255. The van der Waals surface area contributed by atoms with Gasteiger partial charge in [-0.1, -0.05) is 19.1 Å². The molecular weight excluding hydrogens is 224 g/mol. The third-order valence-electron chi connectivity index (χ3n) is 2.41. The predicted octanol–water partition coefficient (Wildman–Crippen LogP) is 2.30. The van der Waals surface area contributed by atoms with Gasteiger partial charge < -0.3 is 9.84 Å². The Labute approximate surface area is 101 Å². The molecular formula is C12H16O3S. The predicted molar refractivity (Wildman–Crippen MR) is 65.2 cm³/mol. The minimum atomic E-state index is -0.368. The van der Waals surface area contributed by atoms with Gasteiger partial charge >= 0.3 is 5.97 Å². The first-order valence-corrected chi connectivity index (χ1v) is 5.53. The molecule has 1 aromatic rings. The summed E-state index contributed by atoms with van der Waals surface area (Å²) in [5.41, 5.74) is 1.74. The van der Waals surface area contributed by atoms with Gasteiger partial charge in [0.15, 0.2) is 0 Å². The second-order valence-electron chi connectivity index (χ2n) is 3.83. The number of rotatable bonds is 3. The number of ether oxygens (including phenoxy) is 1. The van der Waals surface area contributed by atoms with Gasteiger partial charge in [0.25, 0.3) is 0 Å². The maximum atomic E-state index is 11.0. The van der Waals surface area contributed by atoms with Crippen molar-refractivity contribution in [3.05, 3.63) is 23.3 Å². The van der Waals surface area contributed by atoms with E-state index in [0.29, 0.717) is 10.6 Å². The first-order valence-electron chi connectivity index (χ1n) is 5.09. The van der Waals surface area contributed by atoms with Crippen molar-refractivity contribution in [2.75, 3.05) is 6.61 Å². The highest BCUT2D eigenvalue weighted by atomic mass is 32.1. The molecule has 88 valence electrons. The molecule has 0 aromatic heterocycles. The molecule has 0 spiro atoms. The van der Waals surface area contributed by atoms with E-state index in [-0.39, 0.29) is 18.5 Å². The van der Waals surface area contributed by atoms with Crippen molar-refractivity contribution >= 4 is 18.6 Å². The largest absolute Gasteiger partial charge is 0.425 e. The molecule has 1 aromatic carbocycles. The van der Waals surface area contributed by atoms with E-state index in [0.717, 1.165) is 11.1 Å². The molecule has 0 unspecified atom stereocenters. The van der Waals surface area contributed by atoms with Crippen LogP contribution in [0.5, 0.6) is 5.75 Å². The van der Waals surface area contributed by atoms with Crippen LogP contribution >= 0.6 is 12.6 Å². The van der Waals surface area contributed by atoms with Gasteiger partial charge in [0.1, 0.15) is 5.75 Å². The maximum absolute atomic E-state index is 11.0. The molecule has 0 heterocycles. The van der Waals surface area contributed by atoms with Crippen LogP contribution in [0, 0.1) is 6.92 Å². The van der Waals surface area contributed by atoms with E-state index >= 15 is 0 Å². The summed E-state index contributed by atoms with van der Waals surface area (Å²) in [4.78, 5) is 11.6. The number of carbonyl (C=O) groups is 1. The molecule has 0 aliphatic heterocycles. The molecule has 0 fully saturated rings. The lowest BCUT2D eigenvalue weighted by Gasteiger charge is -2.16. The Morgan fingerprint density at radius 3 is 2.69 bits per heavy atom. The number of hydrogen-bond donors (Lipinski definition) is 2. The van der Waals surface area contributed by atoms with Crippen molar-refractivity contribution in [1.29, 1.82) is 0 Å². The van der Waals surface area contributed by atoms with Crippen molar-refractivity contribution in [3.8, 4) is 5.75 Å². The summed E-state index contributed by atoms with van der Waals surface area (Å²) >= 11 is 4.36. The molecule has 1 N–H and O–H groups in total. The van der Waals surface area contributed by atoms with E-state index in [1.54, 1.807) is 0 Å². The van der Waals surface area contributed by atoms with Crippen LogP contribution in [-0.4, -0.2) is 17.7 Å². The number of aryl methyl sites for hydroxylation is 1. The minimum Gasteiger partial charge on any atom is -0.425 e. The van der Waals surface area contributed by atoms with Gasteiger partial charge in [0, 0.05) is 19.4 Å². The number of aliphatic hydroxyl groups is 1. The Morgan fingerprint density at radius 1 is 1.56 bits per heavy atom. The van der Waals surface area contributed by atoms with E-state index in [1.165, 1.54) is 6.92 Å². The molecule has 1 rings (SSSR count). The number of esters is 1. The smallest absolute Gasteiger partial charge is 0.308 e. The van der Waals surface area contributed by atoms with E-state index in [4.69, 9.17) is 9.84 Å². The second kappa shape index (κ2) is 5.37. The normalized spacial score (nSPS) is 12.3. The Balaban J connectivity index is 3.21. The highest BCUT2D eigenvalue weighted by Crippen LogP contribution is 2.34. The molecule has 4 heteroatoms. The fraction of sp³-hybridized carbons (Fsp3) is 0.417. The molecule has 0 saturated carbocycles. The molecule has 1 atom stereocenters. The third kappa shape index (κ3) is 2.77. The average molecular weight is 240 g/mol. The lowest BCUT2D eigenvalue weighted by molar-refractivity contribution is -0.132. The monoisotopic (exact) mass is 240 g/mol. The average Bonchev–Trinajstić information content (AvgIpc) is 2.23. The molecule has 0 aliphatic carbocycles. The fourth-order valence-corrected chi connectivity index (χ4v) is 1.97. The molecule has 0 radical (unpaired) electrons. The van der Waals surface area contributed by atoms with Crippen molar-refractivity contribution in [3.63, 3.8) is 0 Å².